The van der Waals surface area contributed by atoms with Crippen LogP contribution in [0.4, 0.5) is 0 Å². The van der Waals surface area contributed by atoms with Crippen molar-refractivity contribution in [1.82, 2.24) is 20.4 Å². The summed E-state index contributed by atoms with van der Waals surface area (Å²) in [5.74, 6) is 0.835. The molecule has 3 aromatic heterocycles. The largest absolute Gasteiger partial charge is 0.490 e. The van der Waals surface area contributed by atoms with E-state index in [1.165, 1.54) is 0 Å². The Morgan fingerprint density at radius 2 is 1.86 bits per heavy atom. The Balaban J connectivity index is 1.18. The van der Waals surface area contributed by atoms with Crippen LogP contribution in [0.3, 0.4) is 0 Å². The molecule has 1 fully saturated rings. The predicted octanol–water partition coefficient (Wildman–Crippen LogP) is 3.89. The fraction of sp³-hybridized carbons (Fsp3) is 0.273. The highest BCUT2D eigenvalue weighted by Gasteiger charge is 2.26. The molecule has 7 heteroatoms. The van der Waals surface area contributed by atoms with E-state index in [-0.39, 0.29) is 23.8 Å². The zero-order chi connectivity index (χ0) is 19.6. The number of pyridine rings is 2. The summed E-state index contributed by atoms with van der Waals surface area (Å²) in [6.45, 7) is 0. The lowest BCUT2D eigenvalue weighted by Gasteiger charge is -2.29. The third-order valence-electron chi connectivity index (χ3n) is 5.35. The Labute approximate surface area is 167 Å². The van der Waals surface area contributed by atoms with Gasteiger partial charge in [0.15, 0.2) is 0 Å². The fourth-order valence-corrected chi connectivity index (χ4v) is 3.84. The van der Waals surface area contributed by atoms with Gasteiger partial charge in [0.1, 0.15) is 5.75 Å². The number of amides is 1. The smallest absolute Gasteiger partial charge is 0.290 e. The molecule has 1 aromatic carbocycles. The molecule has 0 atom stereocenters. The van der Waals surface area contributed by atoms with E-state index in [0.29, 0.717) is 11.0 Å². The number of benzene rings is 1. The predicted molar refractivity (Wildman–Crippen MR) is 108 cm³/mol. The van der Waals surface area contributed by atoms with Crippen molar-refractivity contribution in [1.29, 1.82) is 0 Å². The van der Waals surface area contributed by atoms with Gasteiger partial charge in [-0.05, 0) is 62.1 Å². The number of rotatable bonds is 4. The topological polar surface area (TPSA) is 90.1 Å². The van der Waals surface area contributed by atoms with Crippen LogP contribution in [-0.4, -0.2) is 33.2 Å². The zero-order valence-corrected chi connectivity index (χ0v) is 15.7. The number of fused-ring (bicyclic) bond motifs is 2. The fourth-order valence-electron chi connectivity index (χ4n) is 3.84. The van der Waals surface area contributed by atoms with Gasteiger partial charge in [0.05, 0.1) is 17.0 Å². The highest BCUT2D eigenvalue weighted by atomic mass is 16.5. The molecule has 0 saturated heterocycles. The Kier molecular flexibility index (Phi) is 4.56. The maximum absolute atomic E-state index is 12.6. The molecule has 0 bridgehead atoms. The third kappa shape index (κ3) is 3.63. The van der Waals surface area contributed by atoms with Crippen molar-refractivity contribution in [2.24, 2.45) is 0 Å². The first-order chi connectivity index (χ1) is 14.3. The minimum Gasteiger partial charge on any atom is -0.490 e. The normalized spacial score (nSPS) is 19.3. The molecule has 7 nitrogen and oxygen atoms in total. The number of nitrogens with zero attached hydrogens (tertiary/aromatic N) is 3. The van der Waals surface area contributed by atoms with Crippen LogP contribution in [0, 0.1) is 0 Å². The number of carbonyl (C=O) groups excluding carboxylic acids is 1. The second-order valence-electron chi connectivity index (χ2n) is 7.31. The number of hydrogen-bond acceptors (Lipinski definition) is 6. The van der Waals surface area contributed by atoms with Gasteiger partial charge in [-0.3, -0.25) is 9.78 Å². The lowest BCUT2D eigenvalue weighted by molar-refractivity contribution is 0.0861. The van der Waals surface area contributed by atoms with Crippen LogP contribution in [0.1, 0.15) is 36.2 Å². The van der Waals surface area contributed by atoms with Crippen molar-refractivity contribution in [2.75, 3.05) is 0 Å². The molecule has 1 aliphatic carbocycles. The molecule has 5 rings (SSSR count). The Bertz CT molecular complexity index is 1160. The first-order valence-corrected chi connectivity index (χ1v) is 9.79. The van der Waals surface area contributed by atoms with Crippen molar-refractivity contribution in [3.8, 4) is 5.75 Å². The molecular weight excluding hydrogens is 368 g/mol. The maximum Gasteiger partial charge on any atom is 0.290 e. The SMILES string of the molecule is O=C(NC1CCC(Oc2ccc3ncccc3c2)CC1)c1onc2ncccc12. The minimum atomic E-state index is -0.244. The zero-order valence-electron chi connectivity index (χ0n) is 15.7. The first-order valence-electron chi connectivity index (χ1n) is 9.79. The van der Waals surface area contributed by atoms with E-state index >= 15 is 0 Å². The van der Waals surface area contributed by atoms with Crippen LogP contribution >= 0.6 is 0 Å². The molecule has 0 spiro atoms. The second kappa shape index (κ2) is 7.50. The van der Waals surface area contributed by atoms with E-state index in [1.54, 1.807) is 24.5 Å². The van der Waals surface area contributed by atoms with E-state index in [4.69, 9.17) is 9.26 Å². The minimum absolute atomic E-state index is 0.0972. The van der Waals surface area contributed by atoms with Crippen LogP contribution in [-0.2, 0) is 0 Å². The molecule has 3 heterocycles. The molecule has 4 aromatic rings. The van der Waals surface area contributed by atoms with Crippen molar-refractivity contribution in [2.45, 2.75) is 37.8 Å². The maximum atomic E-state index is 12.6. The van der Waals surface area contributed by atoms with E-state index in [9.17, 15) is 4.79 Å². The standard InChI is InChI=1S/C22H20N4O3/c27-22(20-18-4-2-12-24-21(18)26-29-20)25-15-5-7-16(8-6-15)28-17-9-10-19-14(13-17)3-1-11-23-19/h1-4,9-13,15-16H,5-8H2,(H,25,27). The quantitative estimate of drug-likeness (QED) is 0.570. The molecule has 0 unspecified atom stereocenters. The number of carbonyl (C=O) groups is 1. The van der Waals surface area contributed by atoms with Gasteiger partial charge in [-0.1, -0.05) is 11.2 Å². The highest BCUT2D eigenvalue weighted by molar-refractivity contribution is 6.02. The van der Waals surface area contributed by atoms with Gasteiger partial charge < -0.3 is 14.6 Å². The Hall–Kier alpha value is -3.48. The van der Waals surface area contributed by atoms with Crippen molar-refractivity contribution >= 4 is 27.8 Å². The average molecular weight is 388 g/mol. The monoisotopic (exact) mass is 388 g/mol. The van der Waals surface area contributed by atoms with Crippen LogP contribution in [0.15, 0.2) is 59.4 Å². The summed E-state index contributed by atoms with van der Waals surface area (Å²) in [6.07, 6.45) is 7.04. The van der Waals surface area contributed by atoms with Gasteiger partial charge in [0.2, 0.25) is 11.4 Å². The molecule has 0 radical (unpaired) electrons. The highest BCUT2D eigenvalue weighted by Crippen LogP contribution is 2.26. The average Bonchev–Trinajstić information content (AvgIpc) is 3.19. The summed E-state index contributed by atoms with van der Waals surface area (Å²) >= 11 is 0. The lowest BCUT2D eigenvalue weighted by Crippen LogP contribution is -2.39. The third-order valence-corrected chi connectivity index (χ3v) is 5.35. The molecule has 1 amide bonds. The number of hydrogen-bond donors (Lipinski definition) is 1. The number of nitrogens with one attached hydrogen (secondary N) is 1. The van der Waals surface area contributed by atoms with E-state index in [0.717, 1.165) is 42.3 Å². The summed E-state index contributed by atoms with van der Waals surface area (Å²) in [6, 6.07) is 13.6. The lowest BCUT2D eigenvalue weighted by atomic mass is 9.92. The molecular formula is C22H20N4O3. The summed E-state index contributed by atoms with van der Waals surface area (Å²) in [5.41, 5.74) is 1.40. The van der Waals surface area contributed by atoms with Gasteiger partial charge >= 0.3 is 0 Å². The number of ether oxygens (including phenoxy) is 1. The summed E-state index contributed by atoms with van der Waals surface area (Å²) in [5, 5.41) is 8.60. The first kappa shape index (κ1) is 17.6. The molecule has 1 saturated carbocycles. The van der Waals surface area contributed by atoms with Gasteiger partial charge in [-0.25, -0.2) is 4.98 Å². The molecule has 146 valence electrons. The summed E-state index contributed by atoms with van der Waals surface area (Å²) in [7, 11) is 0. The van der Waals surface area contributed by atoms with Crippen LogP contribution in [0.25, 0.3) is 21.9 Å². The van der Waals surface area contributed by atoms with Gasteiger partial charge in [0.25, 0.3) is 5.91 Å². The van der Waals surface area contributed by atoms with E-state index in [2.05, 4.69) is 20.4 Å². The van der Waals surface area contributed by atoms with E-state index in [1.807, 2.05) is 30.3 Å². The van der Waals surface area contributed by atoms with Gasteiger partial charge in [-0.15, -0.1) is 0 Å². The van der Waals surface area contributed by atoms with Crippen molar-refractivity contribution in [3.05, 3.63) is 60.6 Å². The summed E-state index contributed by atoms with van der Waals surface area (Å²) in [4.78, 5) is 21.0. The van der Waals surface area contributed by atoms with Crippen LogP contribution in [0.5, 0.6) is 5.75 Å². The molecule has 1 aliphatic rings. The van der Waals surface area contributed by atoms with Crippen LogP contribution < -0.4 is 10.1 Å². The second-order valence-corrected chi connectivity index (χ2v) is 7.31. The van der Waals surface area contributed by atoms with Crippen molar-refractivity contribution < 1.29 is 14.1 Å². The summed E-state index contributed by atoms with van der Waals surface area (Å²) < 4.78 is 11.4. The van der Waals surface area contributed by atoms with E-state index < -0.39 is 0 Å². The van der Waals surface area contributed by atoms with Gasteiger partial charge in [-0.2, -0.15) is 0 Å². The molecule has 0 aliphatic heterocycles. The van der Waals surface area contributed by atoms with Crippen molar-refractivity contribution in [3.63, 3.8) is 0 Å². The molecule has 1 N–H and O–H groups in total. The Morgan fingerprint density at radius 1 is 1.03 bits per heavy atom. The Morgan fingerprint density at radius 3 is 2.76 bits per heavy atom. The van der Waals surface area contributed by atoms with Gasteiger partial charge in [0, 0.05) is 23.8 Å². The number of aromatic nitrogens is 3. The molecule has 29 heavy (non-hydrogen) atoms. The van der Waals surface area contributed by atoms with Crippen LogP contribution in [0.2, 0.25) is 0 Å².